The highest BCUT2D eigenvalue weighted by Gasteiger charge is 2.14. The molecule has 1 heterocycles. The summed E-state index contributed by atoms with van der Waals surface area (Å²) in [5.74, 6) is -0.221. The van der Waals surface area contributed by atoms with Crippen LogP contribution in [0.15, 0.2) is 42.5 Å². The first-order valence-corrected chi connectivity index (χ1v) is 7.71. The molecule has 3 rings (SSSR count). The van der Waals surface area contributed by atoms with E-state index in [1.165, 1.54) is 12.1 Å². The highest BCUT2D eigenvalue weighted by atomic mass is 35.5. The molecule has 0 aliphatic carbocycles. The molecular weight excluding hydrogens is 303 g/mol. The number of morpholine rings is 1. The smallest absolute Gasteiger partial charge is 0.123 e. The van der Waals surface area contributed by atoms with Crippen molar-refractivity contribution in [3.63, 3.8) is 0 Å². The van der Waals surface area contributed by atoms with Crippen LogP contribution in [-0.2, 0) is 11.3 Å². The summed E-state index contributed by atoms with van der Waals surface area (Å²) in [4.78, 5) is 2.23. The summed E-state index contributed by atoms with van der Waals surface area (Å²) in [5, 5.41) is 4.03. The van der Waals surface area contributed by atoms with E-state index in [1.54, 1.807) is 12.1 Å². The van der Waals surface area contributed by atoms with E-state index in [-0.39, 0.29) is 5.82 Å². The molecule has 116 valence electrons. The van der Waals surface area contributed by atoms with Gasteiger partial charge in [-0.15, -0.1) is 0 Å². The van der Waals surface area contributed by atoms with E-state index < -0.39 is 0 Å². The molecular formula is C17H18ClFN2O. The van der Waals surface area contributed by atoms with Gasteiger partial charge in [0.15, 0.2) is 0 Å². The van der Waals surface area contributed by atoms with Gasteiger partial charge in [-0.05, 0) is 35.9 Å². The van der Waals surface area contributed by atoms with E-state index >= 15 is 0 Å². The Labute approximate surface area is 134 Å². The minimum Gasteiger partial charge on any atom is -0.381 e. The van der Waals surface area contributed by atoms with E-state index in [0.29, 0.717) is 6.54 Å². The number of rotatable bonds is 4. The van der Waals surface area contributed by atoms with Crippen LogP contribution in [0.3, 0.4) is 0 Å². The lowest BCUT2D eigenvalue weighted by molar-refractivity contribution is 0.122. The van der Waals surface area contributed by atoms with Crippen LogP contribution in [0.5, 0.6) is 0 Å². The Bertz CT molecular complexity index is 627. The Hall–Kier alpha value is -1.78. The third-order valence-electron chi connectivity index (χ3n) is 3.71. The van der Waals surface area contributed by atoms with Crippen LogP contribution in [0.1, 0.15) is 5.56 Å². The fourth-order valence-electron chi connectivity index (χ4n) is 2.48. The van der Waals surface area contributed by atoms with E-state index in [9.17, 15) is 4.39 Å². The maximum absolute atomic E-state index is 12.9. The summed E-state index contributed by atoms with van der Waals surface area (Å²) in [5.41, 5.74) is 3.01. The Morgan fingerprint density at radius 1 is 1.09 bits per heavy atom. The van der Waals surface area contributed by atoms with Gasteiger partial charge in [0.2, 0.25) is 0 Å². The van der Waals surface area contributed by atoms with Crippen LogP contribution in [0.4, 0.5) is 15.8 Å². The second-order valence-electron chi connectivity index (χ2n) is 5.25. The van der Waals surface area contributed by atoms with Crippen molar-refractivity contribution in [2.75, 3.05) is 36.5 Å². The quantitative estimate of drug-likeness (QED) is 0.924. The lowest BCUT2D eigenvalue weighted by atomic mass is 10.2. The number of benzene rings is 2. The molecule has 1 saturated heterocycles. The van der Waals surface area contributed by atoms with Gasteiger partial charge in [0.25, 0.3) is 0 Å². The SMILES string of the molecule is Fc1ccc(CNc2ccc(N3CCOCC3)c(Cl)c2)cc1. The van der Waals surface area contributed by atoms with Gasteiger partial charge in [-0.25, -0.2) is 4.39 Å². The number of hydrogen-bond donors (Lipinski definition) is 1. The van der Waals surface area contributed by atoms with Crippen molar-refractivity contribution in [1.82, 2.24) is 0 Å². The van der Waals surface area contributed by atoms with Gasteiger partial charge in [0.05, 0.1) is 23.9 Å². The molecule has 22 heavy (non-hydrogen) atoms. The van der Waals surface area contributed by atoms with E-state index in [0.717, 1.165) is 48.3 Å². The number of ether oxygens (including phenoxy) is 1. The van der Waals surface area contributed by atoms with Crippen molar-refractivity contribution in [2.45, 2.75) is 6.54 Å². The molecule has 2 aromatic carbocycles. The predicted molar refractivity (Wildman–Crippen MR) is 88.2 cm³/mol. The van der Waals surface area contributed by atoms with Gasteiger partial charge < -0.3 is 15.0 Å². The fourth-order valence-corrected chi connectivity index (χ4v) is 2.78. The predicted octanol–water partition coefficient (Wildman–Crippen LogP) is 3.93. The second kappa shape index (κ2) is 6.99. The molecule has 1 aliphatic rings. The van der Waals surface area contributed by atoms with Gasteiger partial charge in [0, 0.05) is 25.3 Å². The number of nitrogens with zero attached hydrogens (tertiary/aromatic N) is 1. The first kappa shape index (κ1) is 15.1. The summed E-state index contributed by atoms with van der Waals surface area (Å²) in [6.07, 6.45) is 0. The molecule has 0 amide bonds. The maximum atomic E-state index is 12.9. The maximum Gasteiger partial charge on any atom is 0.123 e. The van der Waals surface area contributed by atoms with Crippen molar-refractivity contribution in [3.8, 4) is 0 Å². The number of halogens is 2. The van der Waals surface area contributed by atoms with Gasteiger partial charge in [-0.2, -0.15) is 0 Å². The zero-order valence-electron chi connectivity index (χ0n) is 12.2. The molecule has 1 aliphatic heterocycles. The summed E-state index contributed by atoms with van der Waals surface area (Å²) in [6, 6.07) is 12.4. The monoisotopic (exact) mass is 320 g/mol. The van der Waals surface area contributed by atoms with Crippen LogP contribution in [0.25, 0.3) is 0 Å². The molecule has 0 bridgehead atoms. The van der Waals surface area contributed by atoms with Crippen LogP contribution in [-0.4, -0.2) is 26.3 Å². The molecule has 5 heteroatoms. The van der Waals surface area contributed by atoms with E-state index in [2.05, 4.69) is 10.2 Å². The molecule has 0 spiro atoms. The normalized spacial score (nSPS) is 14.9. The van der Waals surface area contributed by atoms with Gasteiger partial charge in [0.1, 0.15) is 5.82 Å². The van der Waals surface area contributed by atoms with Crippen molar-refractivity contribution < 1.29 is 9.13 Å². The Kier molecular flexibility index (Phi) is 4.80. The summed E-state index contributed by atoms with van der Waals surface area (Å²) in [7, 11) is 0. The highest BCUT2D eigenvalue weighted by molar-refractivity contribution is 6.33. The standard InChI is InChI=1S/C17H18ClFN2O/c18-16-11-15(20-12-13-1-3-14(19)4-2-13)5-6-17(16)21-7-9-22-10-8-21/h1-6,11,20H,7-10,12H2. The minimum atomic E-state index is -0.221. The molecule has 0 unspecified atom stereocenters. The van der Waals surface area contributed by atoms with Crippen LogP contribution >= 0.6 is 11.6 Å². The first-order chi connectivity index (χ1) is 10.7. The fraction of sp³-hybridized carbons (Fsp3) is 0.294. The van der Waals surface area contributed by atoms with Crippen molar-refractivity contribution in [1.29, 1.82) is 0 Å². The number of hydrogen-bond acceptors (Lipinski definition) is 3. The molecule has 1 fully saturated rings. The summed E-state index contributed by atoms with van der Waals surface area (Å²) < 4.78 is 18.2. The number of nitrogens with one attached hydrogen (secondary N) is 1. The van der Waals surface area contributed by atoms with Crippen LogP contribution in [0, 0.1) is 5.82 Å². The van der Waals surface area contributed by atoms with Gasteiger partial charge in [-0.3, -0.25) is 0 Å². The first-order valence-electron chi connectivity index (χ1n) is 7.33. The molecule has 0 atom stereocenters. The third-order valence-corrected chi connectivity index (χ3v) is 4.01. The van der Waals surface area contributed by atoms with E-state index in [4.69, 9.17) is 16.3 Å². The molecule has 3 nitrogen and oxygen atoms in total. The van der Waals surface area contributed by atoms with Crippen molar-refractivity contribution >= 4 is 23.0 Å². The van der Waals surface area contributed by atoms with Gasteiger partial charge in [-0.1, -0.05) is 23.7 Å². The number of anilines is 2. The lowest BCUT2D eigenvalue weighted by Crippen LogP contribution is -2.36. The minimum absolute atomic E-state index is 0.221. The van der Waals surface area contributed by atoms with Crippen molar-refractivity contribution in [2.24, 2.45) is 0 Å². The summed E-state index contributed by atoms with van der Waals surface area (Å²) >= 11 is 6.39. The van der Waals surface area contributed by atoms with E-state index in [1.807, 2.05) is 18.2 Å². The topological polar surface area (TPSA) is 24.5 Å². The molecule has 0 saturated carbocycles. The zero-order chi connectivity index (χ0) is 15.4. The summed E-state index contributed by atoms with van der Waals surface area (Å²) in [6.45, 7) is 3.83. The molecule has 2 aromatic rings. The zero-order valence-corrected chi connectivity index (χ0v) is 12.9. The molecule has 0 aromatic heterocycles. The highest BCUT2D eigenvalue weighted by Crippen LogP contribution is 2.29. The van der Waals surface area contributed by atoms with Crippen molar-refractivity contribution in [3.05, 3.63) is 58.9 Å². The third kappa shape index (κ3) is 3.70. The Morgan fingerprint density at radius 3 is 2.50 bits per heavy atom. The van der Waals surface area contributed by atoms with Gasteiger partial charge >= 0.3 is 0 Å². The average molecular weight is 321 g/mol. The van der Waals surface area contributed by atoms with Crippen LogP contribution < -0.4 is 10.2 Å². The molecule has 0 radical (unpaired) electrons. The Balaban J connectivity index is 1.65. The average Bonchev–Trinajstić information content (AvgIpc) is 2.55. The lowest BCUT2D eigenvalue weighted by Gasteiger charge is -2.29. The second-order valence-corrected chi connectivity index (χ2v) is 5.65. The molecule has 1 N–H and O–H groups in total. The Morgan fingerprint density at radius 2 is 1.82 bits per heavy atom. The largest absolute Gasteiger partial charge is 0.381 e. The van der Waals surface area contributed by atoms with Crippen LogP contribution in [0.2, 0.25) is 5.02 Å².